The van der Waals surface area contributed by atoms with Crippen molar-refractivity contribution in [3.8, 4) is 11.5 Å². The van der Waals surface area contributed by atoms with Crippen LogP contribution in [0.3, 0.4) is 0 Å². The molecule has 164 valence electrons. The van der Waals surface area contributed by atoms with Gasteiger partial charge >= 0.3 is 12.3 Å². The third-order valence-electron chi connectivity index (χ3n) is 5.78. The predicted octanol–water partition coefficient (Wildman–Crippen LogP) is 4.93. The number of rotatable bonds is 6. The van der Waals surface area contributed by atoms with E-state index < -0.39 is 6.36 Å². The van der Waals surface area contributed by atoms with Gasteiger partial charge in [0.25, 0.3) is 0 Å². The topological polar surface area (TPSA) is 55.8 Å². The standard InChI is InChI=1S/C23H22F3NO4/c24-23(25,26)31-19-6-4-18(5-7-19)27-11-9-15(10-12-27)1-8-20(28)16-2-3-17-14-22(29)30-21(17)13-16/h2-7,13,15H,1,8-12,14H2. The van der Waals surface area contributed by atoms with E-state index in [1.165, 1.54) is 12.1 Å². The average Bonchev–Trinajstić information content (AvgIpc) is 3.11. The minimum absolute atomic E-state index is 0.0356. The summed E-state index contributed by atoms with van der Waals surface area (Å²) in [5, 5.41) is 0. The molecule has 0 unspecified atom stereocenters. The first kappa shape index (κ1) is 21.2. The van der Waals surface area contributed by atoms with Gasteiger partial charge in [-0.1, -0.05) is 12.1 Å². The highest BCUT2D eigenvalue weighted by Crippen LogP contribution is 2.31. The third kappa shape index (κ3) is 5.37. The summed E-state index contributed by atoms with van der Waals surface area (Å²) < 4.78 is 45.8. The maximum absolute atomic E-state index is 12.5. The summed E-state index contributed by atoms with van der Waals surface area (Å²) in [5.74, 6) is 0.407. The molecule has 0 aromatic heterocycles. The van der Waals surface area contributed by atoms with E-state index in [9.17, 15) is 22.8 Å². The molecule has 1 saturated heterocycles. The van der Waals surface area contributed by atoms with Crippen LogP contribution in [-0.4, -0.2) is 31.2 Å². The van der Waals surface area contributed by atoms with Gasteiger partial charge in [-0.25, -0.2) is 0 Å². The Bertz CT molecular complexity index is 964. The Morgan fingerprint density at radius 3 is 2.48 bits per heavy atom. The highest BCUT2D eigenvalue weighted by Gasteiger charge is 2.31. The molecule has 0 bridgehead atoms. The van der Waals surface area contributed by atoms with E-state index in [4.69, 9.17) is 4.74 Å². The van der Waals surface area contributed by atoms with E-state index in [1.807, 2.05) is 0 Å². The van der Waals surface area contributed by atoms with Crippen LogP contribution < -0.4 is 14.4 Å². The number of halogens is 3. The van der Waals surface area contributed by atoms with Crippen molar-refractivity contribution in [3.05, 3.63) is 53.6 Å². The van der Waals surface area contributed by atoms with Crippen LogP contribution in [0.5, 0.6) is 11.5 Å². The Kier molecular flexibility index (Phi) is 5.89. The zero-order valence-corrected chi connectivity index (χ0v) is 16.8. The highest BCUT2D eigenvalue weighted by atomic mass is 19.4. The number of anilines is 1. The van der Waals surface area contributed by atoms with Gasteiger partial charge in [-0.3, -0.25) is 9.59 Å². The quantitative estimate of drug-likeness (QED) is 0.368. The van der Waals surface area contributed by atoms with E-state index in [0.717, 1.165) is 43.6 Å². The first-order valence-electron chi connectivity index (χ1n) is 10.2. The van der Waals surface area contributed by atoms with Crippen molar-refractivity contribution >= 4 is 17.4 Å². The normalized spacial score (nSPS) is 16.7. The molecule has 0 N–H and O–H groups in total. The number of benzene rings is 2. The van der Waals surface area contributed by atoms with Crippen LogP contribution in [0.25, 0.3) is 0 Å². The number of nitrogens with zero attached hydrogens (tertiary/aromatic N) is 1. The molecule has 1 fully saturated rings. The largest absolute Gasteiger partial charge is 0.573 e. The SMILES string of the molecule is O=C1Cc2ccc(C(=O)CCC3CCN(c4ccc(OC(F)(F)F)cc4)CC3)cc2O1. The predicted molar refractivity (Wildman–Crippen MR) is 107 cm³/mol. The van der Waals surface area contributed by atoms with Crippen LogP contribution in [-0.2, 0) is 11.2 Å². The van der Waals surface area contributed by atoms with Crippen molar-refractivity contribution in [3.63, 3.8) is 0 Å². The molecule has 2 aliphatic rings. The number of piperidine rings is 1. The van der Waals surface area contributed by atoms with Crippen LogP contribution in [0.1, 0.15) is 41.6 Å². The summed E-state index contributed by atoms with van der Waals surface area (Å²) >= 11 is 0. The van der Waals surface area contributed by atoms with Gasteiger partial charge < -0.3 is 14.4 Å². The fourth-order valence-corrected chi connectivity index (χ4v) is 4.10. The van der Waals surface area contributed by atoms with E-state index in [-0.39, 0.29) is 23.9 Å². The zero-order valence-electron chi connectivity index (χ0n) is 16.8. The molecule has 31 heavy (non-hydrogen) atoms. The second-order valence-corrected chi connectivity index (χ2v) is 7.91. The minimum atomic E-state index is -4.69. The molecular formula is C23H22F3NO4. The Labute approximate surface area is 177 Å². The van der Waals surface area contributed by atoms with Gasteiger partial charge in [0.1, 0.15) is 11.5 Å². The number of alkyl halides is 3. The minimum Gasteiger partial charge on any atom is -0.426 e. The Hall–Kier alpha value is -3.03. The number of ketones is 1. The molecule has 8 heteroatoms. The molecule has 2 aliphatic heterocycles. The smallest absolute Gasteiger partial charge is 0.426 e. The summed E-state index contributed by atoms with van der Waals surface area (Å²) in [7, 11) is 0. The Balaban J connectivity index is 1.25. The fraction of sp³-hybridized carbons (Fsp3) is 0.391. The molecule has 0 atom stereocenters. The zero-order chi connectivity index (χ0) is 22.0. The lowest BCUT2D eigenvalue weighted by Crippen LogP contribution is -2.33. The van der Waals surface area contributed by atoms with Crippen LogP contribution in [0.2, 0.25) is 0 Å². The van der Waals surface area contributed by atoms with Crippen molar-refractivity contribution in [2.45, 2.75) is 38.5 Å². The van der Waals surface area contributed by atoms with Gasteiger partial charge in [-0.05, 0) is 55.5 Å². The summed E-state index contributed by atoms with van der Waals surface area (Å²) in [6.07, 6.45) is -1.41. The monoisotopic (exact) mass is 433 g/mol. The molecule has 0 aliphatic carbocycles. The van der Waals surface area contributed by atoms with E-state index >= 15 is 0 Å². The molecule has 0 radical (unpaired) electrons. The van der Waals surface area contributed by atoms with Gasteiger partial charge in [-0.2, -0.15) is 0 Å². The summed E-state index contributed by atoms with van der Waals surface area (Å²) in [6.45, 7) is 1.57. The number of fused-ring (bicyclic) bond motifs is 1. The summed E-state index contributed by atoms with van der Waals surface area (Å²) in [5.41, 5.74) is 2.23. The second kappa shape index (κ2) is 8.61. The van der Waals surface area contributed by atoms with Gasteiger partial charge in [0.15, 0.2) is 5.78 Å². The van der Waals surface area contributed by atoms with E-state index in [2.05, 4.69) is 9.64 Å². The Morgan fingerprint density at radius 1 is 1.10 bits per heavy atom. The first-order chi connectivity index (χ1) is 14.8. The molecule has 0 saturated carbocycles. The number of hydrogen-bond acceptors (Lipinski definition) is 5. The van der Waals surface area contributed by atoms with Crippen molar-refractivity contribution in [2.24, 2.45) is 5.92 Å². The number of esters is 1. The molecule has 2 aromatic rings. The van der Waals surface area contributed by atoms with Crippen LogP contribution >= 0.6 is 0 Å². The number of carbonyl (C=O) groups is 2. The number of Topliss-reactive ketones (excluding diaryl/α,β-unsaturated/α-hetero) is 1. The van der Waals surface area contributed by atoms with Gasteiger partial charge in [0, 0.05) is 36.3 Å². The van der Waals surface area contributed by atoms with Crippen LogP contribution in [0.4, 0.5) is 18.9 Å². The number of ether oxygens (including phenoxy) is 2. The molecule has 4 rings (SSSR count). The molecular weight excluding hydrogens is 411 g/mol. The number of hydrogen-bond donors (Lipinski definition) is 0. The molecule has 0 spiro atoms. The van der Waals surface area contributed by atoms with Gasteiger partial charge in [0.2, 0.25) is 0 Å². The molecule has 2 aromatic carbocycles. The average molecular weight is 433 g/mol. The maximum Gasteiger partial charge on any atom is 0.573 e. The molecule has 2 heterocycles. The lowest BCUT2D eigenvalue weighted by Gasteiger charge is -2.33. The third-order valence-corrected chi connectivity index (χ3v) is 5.78. The summed E-state index contributed by atoms with van der Waals surface area (Å²) in [6, 6.07) is 11.1. The van der Waals surface area contributed by atoms with E-state index in [0.29, 0.717) is 23.7 Å². The van der Waals surface area contributed by atoms with Gasteiger partial charge in [-0.15, -0.1) is 13.2 Å². The van der Waals surface area contributed by atoms with Crippen LogP contribution in [0.15, 0.2) is 42.5 Å². The van der Waals surface area contributed by atoms with Crippen LogP contribution in [0, 0.1) is 5.92 Å². The molecule has 5 nitrogen and oxygen atoms in total. The summed E-state index contributed by atoms with van der Waals surface area (Å²) in [4.78, 5) is 26.0. The van der Waals surface area contributed by atoms with Crippen molar-refractivity contribution in [2.75, 3.05) is 18.0 Å². The lowest BCUT2D eigenvalue weighted by molar-refractivity contribution is -0.274. The second-order valence-electron chi connectivity index (χ2n) is 7.91. The van der Waals surface area contributed by atoms with Gasteiger partial charge in [0.05, 0.1) is 6.42 Å². The lowest BCUT2D eigenvalue weighted by atomic mass is 9.90. The van der Waals surface area contributed by atoms with E-state index in [1.54, 1.807) is 30.3 Å². The molecule has 0 amide bonds. The van der Waals surface area contributed by atoms with Crippen molar-refractivity contribution in [1.29, 1.82) is 0 Å². The number of carbonyl (C=O) groups excluding carboxylic acids is 2. The Morgan fingerprint density at radius 2 is 1.81 bits per heavy atom. The van der Waals surface area contributed by atoms with Crippen molar-refractivity contribution in [1.82, 2.24) is 0 Å². The highest BCUT2D eigenvalue weighted by molar-refractivity contribution is 5.97. The first-order valence-corrected chi connectivity index (χ1v) is 10.2. The fourth-order valence-electron chi connectivity index (χ4n) is 4.10. The van der Waals surface area contributed by atoms with Crippen molar-refractivity contribution < 1.29 is 32.2 Å². The maximum atomic E-state index is 12.5.